The number of rotatable bonds is 4. The molecule has 1 unspecified atom stereocenters. The van der Waals surface area contributed by atoms with Crippen molar-refractivity contribution in [3.8, 4) is 0 Å². The van der Waals surface area contributed by atoms with E-state index in [-0.39, 0.29) is 22.5 Å². The zero-order valence-electron chi connectivity index (χ0n) is 17.3. The fourth-order valence-electron chi connectivity index (χ4n) is 3.22. The van der Waals surface area contributed by atoms with Crippen molar-refractivity contribution in [3.63, 3.8) is 0 Å². The number of hydrogen-bond donors (Lipinski definition) is 2. The Balaban J connectivity index is 2.01. The Morgan fingerprint density at radius 2 is 1.70 bits per heavy atom. The van der Waals surface area contributed by atoms with Crippen molar-refractivity contribution in [3.05, 3.63) is 65.6 Å². The maximum absolute atomic E-state index is 14.1. The van der Waals surface area contributed by atoms with Gasteiger partial charge in [-0.2, -0.15) is 0 Å². The number of pyridine rings is 1. The van der Waals surface area contributed by atoms with Crippen molar-refractivity contribution < 1.29 is 13.4 Å². The first-order valence-electron chi connectivity index (χ1n) is 9.62. The van der Waals surface area contributed by atoms with Gasteiger partial charge < -0.3 is 5.32 Å². The van der Waals surface area contributed by atoms with E-state index in [9.17, 15) is 13.4 Å². The van der Waals surface area contributed by atoms with Gasteiger partial charge in [-0.05, 0) is 47.2 Å². The Morgan fingerprint density at radius 1 is 1.10 bits per heavy atom. The first-order chi connectivity index (χ1) is 14.1. The van der Waals surface area contributed by atoms with E-state index in [0.29, 0.717) is 16.8 Å². The number of para-hydroxylation sites is 1. The first-order valence-corrected chi connectivity index (χ1v) is 11.2. The van der Waals surface area contributed by atoms with Crippen molar-refractivity contribution >= 4 is 32.5 Å². The van der Waals surface area contributed by atoms with Gasteiger partial charge in [-0.1, -0.05) is 45.9 Å². The first kappa shape index (κ1) is 21.9. The van der Waals surface area contributed by atoms with Crippen LogP contribution in [0.5, 0.6) is 0 Å². The number of hydrogen-bond acceptors (Lipinski definition) is 3. The van der Waals surface area contributed by atoms with Crippen LogP contribution in [0.25, 0.3) is 10.9 Å². The summed E-state index contributed by atoms with van der Waals surface area (Å²) in [5.41, 5.74) is 2.47. The Kier molecular flexibility index (Phi) is 6.19. The molecular formula is C22H25FN4O2S. The Morgan fingerprint density at radius 3 is 2.30 bits per heavy atom. The number of carbonyl (C=O) groups excluding carboxylic acids is 1. The largest absolute Gasteiger partial charge is 0.354 e. The van der Waals surface area contributed by atoms with Gasteiger partial charge >= 0.3 is 6.03 Å². The number of fused-ring (bicyclic) bond motifs is 1. The molecule has 1 heterocycles. The molecule has 0 aliphatic rings. The molecule has 6 nitrogen and oxygen atoms in total. The Bertz CT molecular complexity index is 1200. The molecule has 158 valence electrons. The number of nitrogens with two attached hydrogens (primary N) is 1. The molecule has 2 amide bonds. The molecule has 3 aromatic rings. The van der Waals surface area contributed by atoms with Gasteiger partial charge in [-0.3, -0.25) is 4.98 Å². The fourth-order valence-corrected chi connectivity index (χ4v) is 4.12. The number of anilines is 1. The van der Waals surface area contributed by atoms with Crippen molar-refractivity contribution in [2.75, 3.05) is 5.32 Å². The van der Waals surface area contributed by atoms with Gasteiger partial charge in [-0.25, -0.2) is 18.5 Å². The van der Waals surface area contributed by atoms with Crippen LogP contribution in [-0.2, 0) is 9.92 Å². The highest BCUT2D eigenvalue weighted by molar-refractivity contribution is 7.91. The van der Waals surface area contributed by atoms with E-state index in [2.05, 4.69) is 14.7 Å². The molecule has 2 aromatic carbocycles. The zero-order valence-corrected chi connectivity index (χ0v) is 18.2. The lowest BCUT2D eigenvalue weighted by atomic mass is 9.92. The monoisotopic (exact) mass is 428 g/mol. The summed E-state index contributed by atoms with van der Waals surface area (Å²) in [4.78, 5) is 17.0. The van der Waals surface area contributed by atoms with Crippen LogP contribution >= 0.6 is 0 Å². The van der Waals surface area contributed by atoms with Crippen molar-refractivity contribution in [2.24, 2.45) is 9.50 Å². The average Bonchev–Trinajstić information content (AvgIpc) is 2.67. The zero-order chi connectivity index (χ0) is 22.1. The Labute approximate surface area is 176 Å². The third kappa shape index (κ3) is 4.66. The lowest BCUT2D eigenvalue weighted by Crippen LogP contribution is -2.19. The van der Waals surface area contributed by atoms with Crippen molar-refractivity contribution in [1.29, 1.82) is 0 Å². The van der Waals surface area contributed by atoms with Crippen LogP contribution in [-0.4, -0.2) is 15.2 Å². The Hall–Kier alpha value is -2.84. The summed E-state index contributed by atoms with van der Waals surface area (Å²) in [6.45, 7) is 7.61. The van der Waals surface area contributed by atoms with E-state index >= 15 is 0 Å². The van der Waals surface area contributed by atoms with E-state index < -0.39 is 15.9 Å². The highest BCUT2D eigenvalue weighted by Gasteiger charge is 2.19. The van der Waals surface area contributed by atoms with Gasteiger partial charge in [0.05, 0.1) is 10.4 Å². The lowest BCUT2D eigenvalue weighted by Gasteiger charge is -2.20. The van der Waals surface area contributed by atoms with E-state index in [1.54, 1.807) is 6.07 Å². The van der Waals surface area contributed by atoms with Gasteiger partial charge in [0, 0.05) is 17.3 Å². The van der Waals surface area contributed by atoms with Gasteiger partial charge in [0.1, 0.15) is 15.7 Å². The van der Waals surface area contributed by atoms with Crippen LogP contribution in [0.1, 0.15) is 50.7 Å². The SMILES string of the molecule is CC(C)c1cc(F)cc(C(C)C)c1NC(=O)N=S(N)(=O)c1cnc2ccccc2c1. The predicted octanol–water partition coefficient (Wildman–Crippen LogP) is 5.55. The quantitative estimate of drug-likeness (QED) is 0.570. The molecule has 0 saturated heterocycles. The van der Waals surface area contributed by atoms with Crippen LogP contribution in [0.3, 0.4) is 0 Å². The number of amides is 2. The molecule has 1 atom stereocenters. The number of benzene rings is 2. The minimum absolute atomic E-state index is 0.0413. The normalized spacial score (nSPS) is 13.5. The maximum Gasteiger partial charge on any atom is 0.354 e. The number of nitrogens with one attached hydrogen (secondary N) is 1. The summed E-state index contributed by atoms with van der Waals surface area (Å²) in [7, 11) is -3.52. The molecule has 0 aliphatic carbocycles. The number of carbonyl (C=O) groups is 1. The topological polar surface area (TPSA) is 97.4 Å². The molecule has 0 aliphatic heterocycles. The van der Waals surface area contributed by atoms with Crippen LogP contribution < -0.4 is 10.5 Å². The highest BCUT2D eigenvalue weighted by Crippen LogP contribution is 2.33. The van der Waals surface area contributed by atoms with Crippen LogP contribution in [0.15, 0.2) is 57.9 Å². The predicted molar refractivity (Wildman–Crippen MR) is 118 cm³/mol. The summed E-state index contributed by atoms with van der Waals surface area (Å²) >= 11 is 0. The maximum atomic E-state index is 14.1. The average molecular weight is 429 g/mol. The second-order valence-corrected chi connectivity index (χ2v) is 9.51. The third-order valence-corrected chi connectivity index (χ3v) is 6.10. The molecule has 0 fully saturated rings. The minimum Gasteiger partial charge on any atom is -0.305 e. The molecular weight excluding hydrogens is 403 g/mol. The molecule has 0 radical (unpaired) electrons. The molecule has 0 saturated carbocycles. The summed E-state index contributed by atoms with van der Waals surface area (Å²) in [5, 5.41) is 9.33. The molecule has 3 rings (SSSR count). The minimum atomic E-state index is -3.52. The fraction of sp³-hybridized carbons (Fsp3) is 0.273. The molecule has 0 spiro atoms. The van der Waals surface area contributed by atoms with Crippen LogP contribution in [0.2, 0.25) is 0 Å². The molecule has 30 heavy (non-hydrogen) atoms. The number of aromatic nitrogens is 1. The summed E-state index contributed by atoms with van der Waals surface area (Å²) in [5.74, 6) is -0.456. The van der Waals surface area contributed by atoms with E-state index in [4.69, 9.17) is 5.14 Å². The standard InChI is InChI=1S/C22H25FN4O2S/c1-13(2)18-10-16(23)11-19(14(3)4)21(18)26-22(28)27-30(24,29)17-9-15-7-5-6-8-20(15)25-12-17/h5-14H,1-4H3,(H3,24,26,27,28,29). The van der Waals surface area contributed by atoms with E-state index in [1.807, 2.05) is 52.0 Å². The second kappa shape index (κ2) is 8.49. The van der Waals surface area contributed by atoms with Gasteiger partial charge in [-0.15, -0.1) is 4.36 Å². The highest BCUT2D eigenvalue weighted by atomic mass is 32.2. The summed E-state index contributed by atoms with van der Waals surface area (Å²) in [6, 6.07) is 10.8. The second-order valence-electron chi connectivity index (χ2n) is 7.72. The number of halogens is 1. The number of nitrogens with zero attached hydrogens (tertiary/aromatic N) is 2. The van der Waals surface area contributed by atoms with E-state index in [0.717, 1.165) is 10.9 Å². The van der Waals surface area contributed by atoms with E-state index in [1.165, 1.54) is 18.3 Å². The lowest BCUT2D eigenvalue weighted by molar-refractivity contribution is 0.260. The third-order valence-electron chi connectivity index (χ3n) is 4.76. The van der Waals surface area contributed by atoms with Crippen LogP contribution in [0.4, 0.5) is 14.9 Å². The molecule has 3 N–H and O–H groups in total. The smallest absolute Gasteiger partial charge is 0.305 e. The van der Waals surface area contributed by atoms with Gasteiger partial charge in [0.2, 0.25) is 0 Å². The molecule has 8 heteroatoms. The molecule has 0 bridgehead atoms. The summed E-state index contributed by atoms with van der Waals surface area (Å²) in [6.07, 6.45) is 1.36. The summed E-state index contributed by atoms with van der Waals surface area (Å²) < 4.78 is 30.8. The van der Waals surface area contributed by atoms with Crippen molar-refractivity contribution in [2.45, 2.75) is 44.4 Å². The van der Waals surface area contributed by atoms with Crippen molar-refractivity contribution in [1.82, 2.24) is 4.98 Å². The van der Waals surface area contributed by atoms with Gasteiger partial charge in [0.15, 0.2) is 0 Å². The number of urea groups is 1. The molecule has 1 aromatic heterocycles. The van der Waals surface area contributed by atoms with Gasteiger partial charge in [0.25, 0.3) is 0 Å². The van der Waals surface area contributed by atoms with Crippen LogP contribution in [0, 0.1) is 5.82 Å².